The summed E-state index contributed by atoms with van der Waals surface area (Å²) in [4.78, 5) is 11.5. The van der Waals surface area contributed by atoms with Gasteiger partial charge in [0.15, 0.2) is 0 Å². The number of rotatable bonds is 15. The lowest BCUT2D eigenvalue weighted by molar-refractivity contribution is -0.139. The van der Waals surface area contributed by atoms with Crippen LogP contribution in [0.2, 0.25) is 0 Å². The monoisotopic (exact) mass is 372 g/mol. The van der Waals surface area contributed by atoms with E-state index in [-0.39, 0.29) is 12.1 Å². The van der Waals surface area contributed by atoms with Gasteiger partial charge in [-0.3, -0.25) is 0 Å². The molecular formula is C24H36O3. The Bertz CT molecular complexity index is 550. The number of carbonyl (C=O) groups is 1. The maximum atomic E-state index is 11.5. The Balaban J connectivity index is 1.29. The summed E-state index contributed by atoms with van der Waals surface area (Å²) in [5.74, 6) is -0.104. The fourth-order valence-electron chi connectivity index (χ4n) is 3.51. The molecule has 3 heteroatoms. The predicted octanol–water partition coefficient (Wildman–Crippen LogP) is 6.37. The quantitative estimate of drug-likeness (QED) is 0.265. The Hall–Kier alpha value is -1.61. The summed E-state index contributed by atoms with van der Waals surface area (Å²) in [7, 11) is 0. The van der Waals surface area contributed by atoms with Crippen LogP contribution in [0.25, 0.3) is 0 Å². The van der Waals surface area contributed by atoms with Crippen molar-refractivity contribution >= 4 is 5.97 Å². The molecule has 1 atom stereocenters. The molecule has 0 saturated carbocycles. The average Bonchev–Trinajstić information content (AvgIpc) is 3.00. The lowest BCUT2D eigenvalue weighted by Gasteiger charge is -2.05. The minimum atomic E-state index is -0.104. The summed E-state index contributed by atoms with van der Waals surface area (Å²) < 4.78 is 10.8. The highest BCUT2D eigenvalue weighted by Crippen LogP contribution is 2.20. The molecule has 0 amide bonds. The zero-order valence-corrected chi connectivity index (χ0v) is 17.0. The molecule has 1 aliphatic rings. The van der Waals surface area contributed by atoms with Crippen LogP contribution < -0.4 is 0 Å². The van der Waals surface area contributed by atoms with Gasteiger partial charge in [0.05, 0.1) is 6.61 Å². The van der Waals surface area contributed by atoms with E-state index in [2.05, 4.69) is 24.3 Å². The minimum Gasteiger partial charge on any atom is -0.455 e. The number of unbranched alkanes of at least 4 members (excludes halogenated alkanes) is 9. The zero-order chi connectivity index (χ0) is 19.2. The number of hydrogen-bond acceptors (Lipinski definition) is 3. The third-order valence-electron chi connectivity index (χ3n) is 5.09. The molecule has 2 rings (SSSR count). The molecule has 0 aromatic heterocycles. The Morgan fingerprint density at radius 3 is 2.04 bits per heavy atom. The Morgan fingerprint density at radius 2 is 1.44 bits per heavy atom. The van der Waals surface area contributed by atoms with Crippen molar-refractivity contribution in [3.8, 4) is 0 Å². The third-order valence-corrected chi connectivity index (χ3v) is 5.09. The van der Waals surface area contributed by atoms with Crippen molar-refractivity contribution in [2.75, 3.05) is 6.61 Å². The van der Waals surface area contributed by atoms with Crippen LogP contribution in [0.15, 0.2) is 42.0 Å². The van der Waals surface area contributed by atoms with Crippen LogP contribution in [0.3, 0.4) is 0 Å². The van der Waals surface area contributed by atoms with E-state index in [1.807, 2.05) is 19.1 Å². The minimum absolute atomic E-state index is 0.0251. The van der Waals surface area contributed by atoms with Gasteiger partial charge >= 0.3 is 5.97 Å². The first kappa shape index (κ1) is 21.7. The van der Waals surface area contributed by atoms with Crippen molar-refractivity contribution in [2.24, 2.45) is 0 Å². The van der Waals surface area contributed by atoms with Gasteiger partial charge in [-0.05, 0) is 37.8 Å². The van der Waals surface area contributed by atoms with Crippen molar-refractivity contribution in [2.45, 2.75) is 90.3 Å². The molecule has 3 nitrogen and oxygen atoms in total. The largest absolute Gasteiger partial charge is 0.455 e. The van der Waals surface area contributed by atoms with E-state index in [1.165, 1.54) is 63.4 Å². The van der Waals surface area contributed by atoms with Gasteiger partial charge in [-0.25, -0.2) is 4.79 Å². The van der Waals surface area contributed by atoms with E-state index >= 15 is 0 Å². The van der Waals surface area contributed by atoms with Crippen LogP contribution in [0.5, 0.6) is 0 Å². The van der Waals surface area contributed by atoms with Crippen molar-refractivity contribution in [1.29, 1.82) is 0 Å². The van der Waals surface area contributed by atoms with E-state index in [1.54, 1.807) is 0 Å². The standard InChI is InChI=1S/C24H36O3/c1-21-19-23(24(25)27-21)17-13-8-6-4-2-3-5-7-9-14-18-26-20-22-15-11-10-12-16-22/h10-12,15-16,19,21H,2-9,13-14,17-18,20H2,1H3/t21-/m0/s1. The van der Waals surface area contributed by atoms with Gasteiger partial charge in [0.2, 0.25) is 0 Å². The molecule has 0 bridgehead atoms. The van der Waals surface area contributed by atoms with Gasteiger partial charge in [-0.2, -0.15) is 0 Å². The summed E-state index contributed by atoms with van der Waals surface area (Å²) >= 11 is 0. The van der Waals surface area contributed by atoms with E-state index in [4.69, 9.17) is 9.47 Å². The molecule has 1 aromatic rings. The fraction of sp³-hybridized carbons (Fsp3) is 0.625. The van der Waals surface area contributed by atoms with Gasteiger partial charge in [0.1, 0.15) is 6.10 Å². The molecule has 1 aliphatic heterocycles. The zero-order valence-electron chi connectivity index (χ0n) is 17.0. The van der Waals surface area contributed by atoms with Gasteiger partial charge < -0.3 is 9.47 Å². The Labute approximate surface area is 165 Å². The maximum Gasteiger partial charge on any atom is 0.334 e. The number of benzene rings is 1. The van der Waals surface area contributed by atoms with Crippen LogP contribution in [0.1, 0.15) is 83.1 Å². The summed E-state index contributed by atoms with van der Waals surface area (Å²) in [5, 5.41) is 0. The number of cyclic esters (lactones) is 1. The van der Waals surface area contributed by atoms with Crippen molar-refractivity contribution in [1.82, 2.24) is 0 Å². The van der Waals surface area contributed by atoms with Crippen LogP contribution in [-0.4, -0.2) is 18.7 Å². The molecule has 0 N–H and O–H groups in total. The first-order valence-electron chi connectivity index (χ1n) is 10.8. The predicted molar refractivity (Wildman–Crippen MR) is 111 cm³/mol. The number of esters is 1. The van der Waals surface area contributed by atoms with Crippen LogP contribution in [0.4, 0.5) is 0 Å². The lowest BCUT2D eigenvalue weighted by atomic mass is 10.0. The van der Waals surface area contributed by atoms with Gasteiger partial charge in [-0.1, -0.05) is 81.7 Å². The number of carbonyl (C=O) groups excluding carboxylic acids is 1. The molecule has 0 fully saturated rings. The second-order valence-electron chi connectivity index (χ2n) is 7.63. The lowest BCUT2D eigenvalue weighted by Crippen LogP contribution is -2.03. The van der Waals surface area contributed by atoms with Crippen molar-refractivity contribution in [3.63, 3.8) is 0 Å². The van der Waals surface area contributed by atoms with Gasteiger partial charge in [-0.15, -0.1) is 0 Å². The molecule has 27 heavy (non-hydrogen) atoms. The first-order valence-corrected chi connectivity index (χ1v) is 10.8. The molecule has 150 valence electrons. The highest BCUT2D eigenvalue weighted by molar-refractivity contribution is 5.90. The van der Waals surface area contributed by atoms with E-state index in [0.29, 0.717) is 0 Å². The maximum absolute atomic E-state index is 11.5. The SMILES string of the molecule is C[C@H]1C=C(CCCCCCCCCCCCOCc2ccccc2)C(=O)O1. The third kappa shape index (κ3) is 9.76. The van der Waals surface area contributed by atoms with Crippen LogP contribution in [-0.2, 0) is 20.9 Å². The summed E-state index contributed by atoms with van der Waals surface area (Å²) in [6, 6.07) is 10.4. The molecule has 0 aliphatic carbocycles. The normalized spacial score (nSPS) is 16.4. The molecule has 0 radical (unpaired) electrons. The molecule has 0 spiro atoms. The second-order valence-corrected chi connectivity index (χ2v) is 7.63. The molecular weight excluding hydrogens is 336 g/mol. The molecule has 1 aromatic carbocycles. The summed E-state index contributed by atoms with van der Waals surface area (Å²) in [6.45, 7) is 3.53. The fourth-order valence-corrected chi connectivity index (χ4v) is 3.51. The molecule has 0 unspecified atom stereocenters. The average molecular weight is 373 g/mol. The summed E-state index contributed by atoms with van der Waals surface area (Å²) in [6.07, 6.45) is 15.6. The number of ether oxygens (including phenoxy) is 2. The topological polar surface area (TPSA) is 35.5 Å². The Kier molecular flexibility index (Phi) is 10.9. The van der Waals surface area contributed by atoms with Crippen molar-refractivity contribution < 1.29 is 14.3 Å². The first-order chi connectivity index (χ1) is 13.3. The van der Waals surface area contributed by atoms with Gasteiger partial charge in [0.25, 0.3) is 0 Å². The smallest absolute Gasteiger partial charge is 0.334 e. The Morgan fingerprint density at radius 1 is 0.852 bits per heavy atom. The van der Waals surface area contributed by atoms with Gasteiger partial charge in [0, 0.05) is 12.2 Å². The van der Waals surface area contributed by atoms with Crippen LogP contribution in [0, 0.1) is 0 Å². The van der Waals surface area contributed by atoms with Crippen LogP contribution >= 0.6 is 0 Å². The van der Waals surface area contributed by atoms with Crippen molar-refractivity contribution in [3.05, 3.63) is 47.5 Å². The molecule has 1 heterocycles. The summed E-state index contributed by atoms with van der Waals surface area (Å²) in [5.41, 5.74) is 2.14. The second kappa shape index (κ2) is 13.5. The van der Waals surface area contributed by atoms with E-state index in [9.17, 15) is 4.79 Å². The van der Waals surface area contributed by atoms with E-state index in [0.717, 1.165) is 31.6 Å². The van der Waals surface area contributed by atoms with E-state index < -0.39 is 0 Å². The number of hydrogen-bond donors (Lipinski definition) is 0. The highest BCUT2D eigenvalue weighted by Gasteiger charge is 2.20. The highest BCUT2D eigenvalue weighted by atomic mass is 16.5. The molecule has 0 saturated heterocycles.